The molecular weight excluding hydrogens is 235 g/mol. The topological polar surface area (TPSA) is 35.0 Å². The molecule has 5 heteroatoms. The molecule has 0 N–H and O–H groups in total. The predicted molar refractivity (Wildman–Crippen MR) is 61.3 cm³/mol. The van der Waals surface area contributed by atoms with Crippen molar-refractivity contribution < 1.29 is 4.74 Å². The zero-order valence-corrected chi connectivity index (χ0v) is 10.7. The molecule has 1 aromatic rings. The average molecular weight is 249 g/mol. The number of methoxy groups -OCH3 is 1. The van der Waals surface area contributed by atoms with E-state index in [4.69, 9.17) is 27.9 Å². The van der Waals surface area contributed by atoms with Gasteiger partial charge in [-0.15, -0.1) is 0 Å². The molecule has 84 valence electrons. The number of rotatable bonds is 2. The van der Waals surface area contributed by atoms with E-state index >= 15 is 0 Å². The average Bonchev–Trinajstić information content (AvgIpc) is 1.99. The van der Waals surface area contributed by atoms with Crippen molar-refractivity contribution in [2.75, 3.05) is 7.11 Å². The number of ether oxygens (including phenoxy) is 1. The summed E-state index contributed by atoms with van der Waals surface area (Å²) in [5.74, 6) is 0.516. The van der Waals surface area contributed by atoms with E-state index in [2.05, 4.69) is 9.97 Å². The first kappa shape index (κ1) is 12.7. The fraction of sp³-hybridized carbons (Fsp3) is 0.600. The second-order valence-electron chi connectivity index (χ2n) is 4.35. The summed E-state index contributed by atoms with van der Waals surface area (Å²) < 4.78 is 5.37. The molecule has 0 aliphatic rings. The van der Waals surface area contributed by atoms with Crippen LogP contribution >= 0.6 is 23.2 Å². The van der Waals surface area contributed by atoms with Gasteiger partial charge in [-0.05, 0) is 5.41 Å². The molecule has 1 heterocycles. The second-order valence-corrected chi connectivity index (χ2v) is 5.13. The molecule has 15 heavy (non-hydrogen) atoms. The molecule has 1 aromatic heterocycles. The van der Waals surface area contributed by atoms with Crippen molar-refractivity contribution >= 4 is 23.2 Å². The van der Waals surface area contributed by atoms with E-state index in [1.165, 1.54) is 6.07 Å². The van der Waals surface area contributed by atoms with Gasteiger partial charge in [0.15, 0.2) is 5.82 Å². The first-order valence-corrected chi connectivity index (χ1v) is 5.33. The normalized spacial score (nSPS) is 14.0. The highest BCUT2D eigenvalue weighted by Crippen LogP contribution is 2.34. The zero-order valence-electron chi connectivity index (χ0n) is 9.21. The molecule has 0 amide bonds. The van der Waals surface area contributed by atoms with E-state index in [-0.39, 0.29) is 11.5 Å². The summed E-state index contributed by atoms with van der Waals surface area (Å²) in [4.78, 5) is 8.23. The standard InChI is InChI=1S/C10H14Cl2N2O/c1-10(2,3)8(15-4)9-13-6(11)5-7(12)14-9/h5,8H,1-4H3. The molecule has 0 fully saturated rings. The van der Waals surface area contributed by atoms with Crippen LogP contribution < -0.4 is 0 Å². The van der Waals surface area contributed by atoms with Crippen molar-refractivity contribution in [2.24, 2.45) is 5.41 Å². The lowest BCUT2D eigenvalue weighted by molar-refractivity contribution is 0.00867. The Kier molecular flexibility index (Phi) is 3.93. The van der Waals surface area contributed by atoms with Crippen molar-refractivity contribution in [3.8, 4) is 0 Å². The van der Waals surface area contributed by atoms with E-state index < -0.39 is 0 Å². The molecule has 0 aromatic carbocycles. The Morgan fingerprint density at radius 3 is 2.00 bits per heavy atom. The summed E-state index contributed by atoms with van der Waals surface area (Å²) in [6, 6.07) is 1.50. The number of aromatic nitrogens is 2. The van der Waals surface area contributed by atoms with Gasteiger partial charge in [-0.25, -0.2) is 9.97 Å². The van der Waals surface area contributed by atoms with Crippen molar-refractivity contribution in [1.29, 1.82) is 0 Å². The lowest BCUT2D eigenvalue weighted by Crippen LogP contribution is -2.22. The van der Waals surface area contributed by atoms with Gasteiger partial charge in [0.1, 0.15) is 16.4 Å². The maximum absolute atomic E-state index is 5.81. The van der Waals surface area contributed by atoms with Crippen LogP contribution in [0.25, 0.3) is 0 Å². The molecule has 0 radical (unpaired) electrons. The Morgan fingerprint density at radius 2 is 1.67 bits per heavy atom. The van der Waals surface area contributed by atoms with Crippen LogP contribution in [0, 0.1) is 5.41 Å². The number of nitrogens with zero attached hydrogens (tertiary/aromatic N) is 2. The minimum absolute atomic E-state index is 0.108. The monoisotopic (exact) mass is 248 g/mol. The fourth-order valence-corrected chi connectivity index (χ4v) is 1.81. The quantitative estimate of drug-likeness (QED) is 0.752. The molecule has 1 unspecified atom stereocenters. The van der Waals surface area contributed by atoms with Crippen molar-refractivity contribution in [2.45, 2.75) is 26.9 Å². The Balaban J connectivity index is 3.13. The number of hydrogen-bond acceptors (Lipinski definition) is 3. The van der Waals surface area contributed by atoms with Gasteiger partial charge in [-0.1, -0.05) is 44.0 Å². The number of halogens is 2. The molecule has 3 nitrogen and oxygen atoms in total. The van der Waals surface area contributed by atoms with Crippen LogP contribution in [0.1, 0.15) is 32.7 Å². The molecule has 0 aliphatic carbocycles. The lowest BCUT2D eigenvalue weighted by Gasteiger charge is -2.27. The maximum Gasteiger partial charge on any atom is 0.161 e. The van der Waals surface area contributed by atoms with Gasteiger partial charge < -0.3 is 4.74 Å². The largest absolute Gasteiger partial charge is 0.373 e. The van der Waals surface area contributed by atoms with Crippen molar-refractivity contribution in [1.82, 2.24) is 9.97 Å². The molecular formula is C10H14Cl2N2O. The zero-order chi connectivity index (χ0) is 11.6. The van der Waals surface area contributed by atoms with Gasteiger partial charge in [0.05, 0.1) is 0 Å². The summed E-state index contributed by atoms with van der Waals surface area (Å²) in [5, 5.41) is 0.660. The Morgan fingerprint density at radius 1 is 1.20 bits per heavy atom. The van der Waals surface area contributed by atoms with Crippen LogP contribution in [0.4, 0.5) is 0 Å². The Bertz CT molecular complexity index is 330. The molecule has 0 bridgehead atoms. The molecule has 0 saturated heterocycles. The van der Waals surface area contributed by atoms with Crippen LogP contribution in [0.2, 0.25) is 10.3 Å². The van der Waals surface area contributed by atoms with Crippen LogP contribution in [-0.2, 0) is 4.74 Å². The molecule has 1 atom stereocenters. The highest BCUT2D eigenvalue weighted by molar-refractivity contribution is 6.33. The van der Waals surface area contributed by atoms with Gasteiger partial charge >= 0.3 is 0 Å². The SMILES string of the molecule is COC(c1nc(Cl)cc(Cl)n1)C(C)(C)C. The molecule has 0 spiro atoms. The van der Waals surface area contributed by atoms with Crippen LogP contribution in [0.3, 0.4) is 0 Å². The van der Waals surface area contributed by atoms with Crippen molar-refractivity contribution in [3.05, 3.63) is 22.2 Å². The first-order chi connectivity index (χ1) is 6.84. The highest BCUT2D eigenvalue weighted by atomic mass is 35.5. The Hall–Kier alpha value is -0.380. The fourth-order valence-electron chi connectivity index (χ4n) is 1.37. The minimum Gasteiger partial charge on any atom is -0.373 e. The van der Waals surface area contributed by atoms with Crippen molar-refractivity contribution in [3.63, 3.8) is 0 Å². The van der Waals surface area contributed by atoms with E-state index in [1.807, 2.05) is 20.8 Å². The minimum atomic E-state index is -0.228. The molecule has 1 rings (SSSR count). The summed E-state index contributed by atoms with van der Waals surface area (Å²) >= 11 is 11.6. The Labute approximate surface area is 99.8 Å². The first-order valence-electron chi connectivity index (χ1n) is 4.57. The van der Waals surface area contributed by atoms with Gasteiger partial charge in [0, 0.05) is 13.2 Å². The summed E-state index contributed by atoms with van der Waals surface area (Å²) in [6.07, 6.45) is -0.228. The lowest BCUT2D eigenvalue weighted by atomic mass is 9.88. The number of hydrogen-bond donors (Lipinski definition) is 0. The maximum atomic E-state index is 5.81. The third-order valence-corrected chi connectivity index (χ3v) is 2.32. The van der Waals surface area contributed by atoms with Gasteiger partial charge in [-0.2, -0.15) is 0 Å². The van der Waals surface area contributed by atoms with E-state index in [9.17, 15) is 0 Å². The summed E-state index contributed by atoms with van der Waals surface area (Å²) in [6.45, 7) is 6.12. The molecule has 0 saturated carbocycles. The van der Waals surface area contributed by atoms with Gasteiger partial charge in [-0.3, -0.25) is 0 Å². The smallest absolute Gasteiger partial charge is 0.161 e. The summed E-state index contributed by atoms with van der Waals surface area (Å²) in [7, 11) is 1.62. The molecule has 0 aliphatic heterocycles. The van der Waals surface area contributed by atoms with Gasteiger partial charge in [0.25, 0.3) is 0 Å². The summed E-state index contributed by atoms with van der Waals surface area (Å²) in [5.41, 5.74) is -0.108. The highest BCUT2D eigenvalue weighted by Gasteiger charge is 2.29. The van der Waals surface area contributed by atoms with E-state index in [1.54, 1.807) is 7.11 Å². The third kappa shape index (κ3) is 3.30. The second kappa shape index (κ2) is 4.64. The van der Waals surface area contributed by atoms with Crippen LogP contribution in [-0.4, -0.2) is 17.1 Å². The van der Waals surface area contributed by atoms with Crippen LogP contribution in [0.5, 0.6) is 0 Å². The van der Waals surface area contributed by atoms with E-state index in [0.717, 1.165) is 0 Å². The van der Waals surface area contributed by atoms with Crippen LogP contribution in [0.15, 0.2) is 6.07 Å². The third-order valence-electron chi connectivity index (χ3n) is 1.94. The van der Waals surface area contributed by atoms with Gasteiger partial charge in [0.2, 0.25) is 0 Å². The predicted octanol–water partition coefficient (Wildman–Crippen LogP) is 3.52. The van der Waals surface area contributed by atoms with E-state index in [0.29, 0.717) is 16.1 Å².